The van der Waals surface area contributed by atoms with Gasteiger partial charge in [0.25, 0.3) is 5.91 Å². The van der Waals surface area contributed by atoms with Crippen LogP contribution in [0, 0.1) is 0 Å². The van der Waals surface area contributed by atoms with E-state index in [2.05, 4.69) is 10.3 Å². The van der Waals surface area contributed by atoms with E-state index in [-0.39, 0.29) is 5.91 Å². The lowest BCUT2D eigenvalue weighted by Gasteiger charge is -2.08. The summed E-state index contributed by atoms with van der Waals surface area (Å²) in [5, 5.41) is 4.57. The molecule has 0 spiro atoms. The Kier molecular flexibility index (Phi) is 3.41. The summed E-state index contributed by atoms with van der Waals surface area (Å²) in [6.07, 6.45) is 3.47. The van der Waals surface area contributed by atoms with Gasteiger partial charge in [-0.1, -0.05) is 12.1 Å². The maximum Gasteiger partial charge on any atom is 0.339 e. The molecule has 0 saturated heterocycles. The summed E-state index contributed by atoms with van der Waals surface area (Å²) >= 11 is 1.44. The molecule has 7 heteroatoms. The van der Waals surface area contributed by atoms with Crippen molar-refractivity contribution in [1.29, 1.82) is 0 Å². The molecule has 2 heterocycles. The highest BCUT2D eigenvalue weighted by molar-refractivity contribution is 7.15. The molecule has 0 saturated carbocycles. The van der Waals surface area contributed by atoms with E-state index in [0.717, 1.165) is 4.96 Å². The van der Waals surface area contributed by atoms with E-state index in [0.29, 0.717) is 16.9 Å². The average molecular weight is 301 g/mol. The van der Waals surface area contributed by atoms with Crippen LogP contribution in [0.3, 0.4) is 0 Å². The number of thiazole rings is 1. The third kappa shape index (κ3) is 2.50. The van der Waals surface area contributed by atoms with Gasteiger partial charge in [0.15, 0.2) is 4.96 Å². The average Bonchev–Trinajstić information content (AvgIpc) is 3.08. The number of anilines is 1. The molecule has 1 N–H and O–H groups in total. The van der Waals surface area contributed by atoms with Gasteiger partial charge in [-0.3, -0.25) is 9.20 Å². The Morgan fingerprint density at radius 1 is 1.33 bits per heavy atom. The van der Waals surface area contributed by atoms with Crippen molar-refractivity contribution in [3.8, 4) is 0 Å². The van der Waals surface area contributed by atoms with Crippen LogP contribution in [-0.2, 0) is 4.74 Å². The van der Waals surface area contributed by atoms with E-state index >= 15 is 0 Å². The first-order chi connectivity index (χ1) is 10.2. The molecule has 21 heavy (non-hydrogen) atoms. The Morgan fingerprint density at radius 2 is 2.14 bits per heavy atom. The highest BCUT2D eigenvalue weighted by atomic mass is 32.1. The topological polar surface area (TPSA) is 72.7 Å². The SMILES string of the molecule is COC(=O)c1ccccc1NC(=O)c1cn2ccsc2n1. The van der Waals surface area contributed by atoms with Crippen molar-refractivity contribution < 1.29 is 14.3 Å². The predicted molar refractivity (Wildman–Crippen MR) is 78.8 cm³/mol. The zero-order valence-corrected chi connectivity index (χ0v) is 11.9. The van der Waals surface area contributed by atoms with Crippen molar-refractivity contribution in [2.45, 2.75) is 0 Å². The van der Waals surface area contributed by atoms with Crippen molar-refractivity contribution in [1.82, 2.24) is 9.38 Å². The standard InChI is InChI=1S/C14H11N3O3S/c1-20-13(19)9-4-2-3-5-10(9)15-12(18)11-8-17-6-7-21-14(17)16-11/h2-8H,1H3,(H,15,18). The Bertz CT molecular complexity index is 793. The second-order valence-electron chi connectivity index (χ2n) is 4.21. The molecule has 0 aliphatic rings. The van der Waals surface area contributed by atoms with Crippen LogP contribution < -0.4 is 5.32 Å². The van der Waals surface area contributed by atoms with Gasteiger partial charge in [0.2, 0.25) is 0 Å². The second-order valence-corrected chi connectivity index (χ2v) is 5.08. The number of ether oxygens (including phenoxy) is 1. The summed E-state index contributed by atoms with van der Waals surface area (Å²) in [6, 6.07) is 6.66. The zero-order chi connectivity index (χ0) is 14.8. The third-order valence-electron chi connectivity index (χ3n) is 2.91. The molecule has 0 aliphatic carbocycles. The highest BCUT2D eigenvalue weighted by Crippen LogP contribution is 2.18. The molecule has 106 valence electrons. The normalized spacial score (nSPS) is 10.5. The largest absolute Gasteiger partial charge is 0.465 e. The lowest BCUT2D eigenvalue weighted by molar-refractivity contribution is 0.0602. The van der Waals surface area contributed by atoms with Crippen molar-refractivity contribution in [2.24, 2.45) is 0 Å². The smallest absolute Gasteiger partial charge is 0.339 e. The van der Waals surface area contributed by atoms with Crippen molar-refractivity contribution >= 4 is 33.9 Å². The summed E-state index contributed by atoms with van der Waals surface area (Å²) in [4.78, 5) is 28.8. The highest BCUT2D eigenvalue weighted by Gasteiger charge is 2.16. The molecule has 3 aromatic rings. The first-order valence-corrected chi connectivity index (χ1v) is 6.98. The summed E-state index contributed by atoms with van der Waals surface area (Å²) < 4.78 is 6.46. The number of hydrogen-bond acceptors (Lipinski definition) is 5. The lowest BCUT2D eigenvalue weighted by atomic mass is 10.2. The molecule has 0 aliphatic heterocycles. The molecule has 0 unspecified atom stereocenters. The number of methoxy groups -OCH3 is 1. The van der Waals surface area contributed by atoms with Gasteiger partial charge in [-0.05, 0) is 12.1 Å². The molecule has 0 bridgehead atoms. The quantitative estimate of drug-likeness (QED) is 0.754. The third-order valence-corrected chi connectivity index (χ3v) is 3.68. The van der Waals surface area contributed by atoms with Crippen molar-refractivity contribution in [3.63, 3.8) is 0 Å². The molecule has 6 nitrogen and oxygen atoms in total. The minimum atomic E-state index is -0.503. The predicted octanol–water partition coefficient (Wildman–Crippen LogP) is 2.43. The van der Waals surface area contributed by atoms with Crippen molar-refractivity contribution in [2.75, 3.05) is 12.4 Å². The Balaban J connectivity index is 1.88. The first kappa shape index (κ1) is 13.3. The van der Waals surface area contributed by atoms with Crippen LogP contribution >= 0.6 is 11.3 Å². The van der Waals surface area contributed by atoms with Crippen LogP contribution in [0.5, 0.6) is 0 Å². The van der Waals surface area contributed by atoms with E-state index in [1.807, 2.05) is 11.6 Å². The molecular formula is C14H11N3O3S. The number of aromatic nitrogens is 2. The number of hydrogen-bond donors (Lipinski definition) is 1. The van der Waals surface area contributed by atoms with Gasteiger partial charge in [0.05, 0.1) is 18.4 Å². The van der Waals surface area contributed by atoms with Gasteiger partial charge in [-0.2, -0.15) is 0 Å². The van der Waals surface area contributed by atoms with E-state index in [1.165, 1.54) is 18.4 Å². The number of rotatable bonds is 3. The van der Waals surface area contributed by atoms with Crippen LogP contribution in [0.2, 0.25) is 0 Å². The molecular weight excluding hydrogens is 290 g/mol. The number of fused-ring (bicyclic) bond motifs is 1. The number of para-hydroxylation sites is 1. The number of benzene rings is 1. The molecule has 0 atom stereocenters. The number of carbonyl (C=O) groups excluding carboxylic acids is 2. The molecule has 0 fully saturated rings. The van der Waals surface area contributed by atoms with Gasteiger partial charge in [0, 0.05) is 17.8 Å². The number of nitrogens with one attached hydrogen (secondary N) is 1. The fourth-order valence-electron chi connectivity index (χ4n) is 1.90. The van der Waals surface area contributed by atoms with Crippen LogP contribution in [0.25, 0.3) is 4.96 Å². The van der Waals surface area contributed by atoms with Gasteiger partial charge < -0.3 is 10.1 Å². The van der Waals surface area contributed by atoms with Crippen LogP contribution in [0.15, 0.2) is 42.0 Å². The number of imidazole rings is 1. The number of amides is 1. The summed E-state index contributed by atoms with van der Waals surface area (Å²) in [5.41, 5.74) is 0.988. The number of carbonyl (C=O) groups is 2. The molecule has 3 rings (SSSR count). The monoisotopic (exact) mass is 301 g/mol. The van der Waals surface area contributed by atoms with Gasteiger partial charge in [-0.25, -0.2) is 9.78 Å². The van der Waals surface area contributed by atoms with E-state index < -0.39 is 5.97 Å². The van der Waals surface area contributed by atoms with Crippen LogP contribution in [0.4, 0.5) is 5.69 Å². The maximum atomic E-state index is 12.2. The van der Waals surface area contributed by atoms with E-state index in [1.54, 1.807) is 34.9 Å². The van der Waals surface area contributed by atoms with Gasteiger partial charge in [-0.15, -0.1) is 11.3 Å². The molecule has 0 radical (unpaired) electrons. The summed E-state index contributed by atoms with van der Waals surface area (Å²) in [6.45, 7) is 0. The number of esters is 1. The van der Waals surface area contributed by atoms with Crippen LogP contribution in [0.1, 0.15) is 20.8 Å². The summed E-state index contributed by atoms with van der Waals surface area (Å²) in [5.74, 6) is -0.876. The van der Waals surface area contributed by atoms with E-state index in [9.17, 15) is 9.59 Å². The Hall–Kier alpha value is -2.67. The second kappa shape index (κ2) is 5.37. The zero-order valence-electron chi connectivity index (χ0n) is 11.1. The molecule has 1 aromatic carbocycles. The van der Waals surface area contributed by atoms with Crippen LogP contribution in [-0.4, -0.2) is 28.4 Å². The summed E-state index contributed by atoms with van der Waals surface area (Å²) in [7, 11) is 1.30. The Labute approximate surface area is 124 Å². The van der Waals surface area contributed by atoms with Gasteiger partial charge in [0.1, 0.15) is 5.69 Å². The first-order valence-electron chi connectivity index (χ1n) is 6.10. The maximum absolute atomic E-state index is 12.2. The number of nitrogens with zero attached hydrogens (tertiary/aromatic N) is 2. The Morgan fingerprint density at radius 3 is 2.90 bits per heavy atom. The van der Waals surface area contributed by atoms with Crippen molar-refractivity contribution in [3.05, 3.63) is 53.3 Å². The van der Waals surface area contributed by atoms with E-state index in [4.69, 9.17) is 4.74 Å². The van der Waals surface area contributed by atoms with Gasteiger partial charge >= 0.3 is 5.97 Å². The fourth-order valence-corrected chi connectivity index (χ4v) is 2.60. The molecule has 1 amide bonds. The minimum Gasteiger partial charge on any atom is -0.465 e. The fraction of sp³-hybridized carbons (Fsp3) is 0.0714. The molecule has 2 aromatic heterocycles. The lowest BCUT2D eigenvalue weighted by Crippen LogP contribution is -2.15. The minimum absolute atomic E-state index is 0.293.